The van der Waals surface area contributed by atoms with Crippen LogP contribution in [0.5, 0.6) is 0 Å². The summed E-state index contributed by atoms with van der Waals surface area (Å²) in [5.74, 6) is 2.62. The van der Waals surface area contributed by atoms with E-state index in [9.17, 15) is 4.79 Å². The largest absolute Gasteiger partial charge is 0.450 e. The molecule has 1 unspecified atom stereocenters. The van der Waals surface area contributed by atoms with Crippen LogP contribution in [0.2, 0.25) is 0 Å². The number of hydrogen-bond acceptors (Lipinski definition) is 7. The van der Waals surface area contributed by atoms with Crippen LogP contribution in [0.25, 0.3) is 0 Å². The van der Waals surface area contributed by atoms with Crippen molar-refractivity contribution < 1.29 is 9.53 Å². The average Bonchev–Trinajstić information content (AvgIpc) is 3.02. The molecule has 2 aliphatic rings. The highest BCUT2D eigenvalue weighted by Gasteiger charge is 2.30. The number of alkyl carbamates (subject to hydrolysis) is 1. The smallest absolute Gasteiger partial charge is 0.407 e. The Kier molecular flexibility index (Phi) is 4.92. The van der Waals surface area contributed by atoms with Crippen molar-refractivity contribution in [2.75, 3.05) is 42.2 Å². The summed E-state index contributed by atoms with van der Waals surface area (Å²) >= 11 is 0. The van der Waals surface area contributed by atoms with Crippen molar-refractivity contribution in [1.82, 2.24) is 15.3 Å². The number of anilines is 3. The molecule has 24 heavy (non-hydrogen) atoms. The first-order valence-electron chi connectivity index (χ1n) is 8.69. The highest BCUT2D eigenvalue weighted by atomic mass is 16.5. The Bertz CT molecular complexity index is 608. The molecular weight excluding hydrogens is 308 g/mol. The van der Waals surface area contributed by atoms with Gasteiger partial charge in [0.1, 0.15) is 11.6 Å². The van der Waals surface area contributed by atoms with E-state index in [1.54, 1.807) is 6.92 Å². The van der Waals surface area contributed by atoms with Crippen LogP contribution in [0, 0.1) is 5.92 Å². The van der Waals surface area contributed by atoms with Crippen molar-refractivity contribution in [2.24, 2.45) is 5.92 Å². The topological polar surface area (TPSA) is 105 Å². The summed E-state index contributed by atoms with van der Waals surface area (Å²) < 4.78 is 4.96. The number of carbonyl (C=O) groups is 1. The molecule has 0 radical (unpaired) electrons. The Hall–Kier alpha value is -2.25. The van der Waals surface area contributed by atoms with Crippen molar-refractivity contribution in [3.8, 4) is 0 Å². The molecule has 8 nitrogen and oxygen atoms in total. The van der Waals surface area contributed by atoms with Crippen molar-refractivity contribution in [1.29, 1.82) is 0 Å². The van der Waals surface area contributed by atoms with E-state index < -0.39 is 0 Å². The van der Waals surface area contributed by atoms with E-state index in [-0.39, 0.29) is 18.1 Å². The number of hydrogen-bond donors (Lipinski definition) is 3. The molecule has 2 aliphatic heterocycles. The normalized spacial score (nSPS) is 22.7. The van der Waals surface area contributed by atoms with Crippen LogP contribution >= 0.6 is 0 Å². The quantitative estimate of drug-likeness (QED) is 0.764. The molecule has 1 saturated heterocycles. The fourth-order valence-electron chi connectivity index (χ4n) is 3.39. The molecule has 1 amide bonds. The van der Waals surface area contributed by atoms with E-state index in [4.69, 9.17) is 10.5 Å². The zero-order valence-corrected chi connectivity index (χ0v) is 14.3. The van der Waals surface area contributed by atoms with E-state index in [2.05, 4.69) is 32.4 Å². The van der Waals surface area contributed by atoms with Crippen molar-refractivity contribution >= 4 is 23.7 Å². The minimum atomic E-state index is -0.360. The maximum atomic E-state index is 11.6. The Balaban J connectivity index is 1.75. The highest BCUT2D eigenvalue weighted by molar-refractivity contribution is 5.68. The van der Waals surface area contributed by atoms with Gasteiger partial charge in [0.2, 0.25) is 5.95 Å². The van der Waals surface area contributed by atoms with Crippen LogP contribution in [-0.4, -0.2) is 48.3 Å². The van der Waals surface area contributed by atoms with Gasteiger partial charge in [-0.2, -0.15) is 9.97 Å². The number of nitrogen functional groups attached to an aromatic ring is 1. The van der Waals surface area contributed by atoms with Gasteiger partial charge in [0.05, 0.1) is 12.6 Å². The molecule has 132 valence electrons. The lowest BCUT2D eigenvalue weighted by Crippen LogP contribution is -2.38. The molecule has 8 heteroatoms. The van der Waals surface area contributed by atoms with Crippen LogP contribution in [-0.2, 0) is 11.2 Å². The SMILES string of the molecule is CCOC(=O)N[C@@H]1CCN(c2nc(N)nc3c2CC(CC)CN3)C1. The molecule has 0 saturated carbocycles. The van der Waals surface area contributed by atoms with Crippen molar-refractivity contribution in [2.45, 2.75) is 39.2 Å². The van der Waals surface area contributed by atoms with Crippen LogP contribution < -0.4 is 21.3 Å². The number of amides is 1. The number of nitrogens with zero attached hydrogens (tertiary/aromatic N) is 3. The molecular formula is C16H26N6O2. The Labute approximate surface area is 142 Å². The standard InChI is InChI=1S/C16H26N6O2/c1-3-10-7-12-13(18-8-10)20-15(17)21-14(12)22-6-5-11(9-22)19-16(23)24-4-2/h10-11H,3-9H2,1-2H3,(H,19,23)(H3,17,18,20,21)/t10?,11-/m1/s1. The summed E-state index contributed by atoms with van der Waals surface area (Å²) in [5.41, 5.74) is 7.03. The molecule has 0 aromatic carbocycles. The van der Waals surface area contributed by atoms with E-state index in [0.29, 0.717) is 19.1 Å². The lowest BCUT2D eigenvalue weighted by molar-refractivity contribution is 0.149. The van der Waals surface area contributed by atoms with E-state index in [1.807, 2.05) is 0 Å². The number of ether oxygens (including phenoxy) is 1. The molecule has 1 fully saturated rings. The molecule has 0 spiro atoms. The summed E-state index contributed by atoms with van der Waals surface area (Å²) in [5, 5.41) is 6.28. The average molecular weight is 334 g/mol. The number of carbonyl (C=O) groups excluding carboxylic acids is 1. The van der Waals surface area contributed by atoms with Gasteiger partial charge in [-0.3, -0.25) is 0 Å². The zero-order chi connectivity index (χ0) is 17.1. The number of rotatable bonds is 4. The van der Waals surface area contributed by atoms with Gasteiger partial charge in [-0.05, 0) is 25.7 Å². The van der Waals surface area contributed by atoms with Crippen LogP contribution in [0.15, 0.2) is 0 Å². The molecule has 1 aromatic rings. The number of nitrogens with one attached hydrogen (secondary N) is 2. The fourth-order valence-corrected chi connectivity index (χ4v) is 3.39. The summed E-state index contributed by atoms with van der Waals surface area (Å²) in [4.78, 5) is 22.6. The van der Waals surface area contributed by atoms with E-state index >= 15 is 0 Å². The molecule has 4 N–H and O–H groups in total. The maximum absolute atomic E-state index is 11.6. The summed E-state index contributed by atoms with van der Waals surface area (Å²) in [6.45, 7) is 6.84. The summed E-state index contributed by atoms with van der Waals surface area (Å²) in [6, 6.07) is 0.0643. The molecule has 3 rings (SSSR count). The number of nitrogens with two attached hydrogens (primary N) is 1. The third kappa shape index (κ3) is 3.47. The van der Waals surface area contributed by atoms with Gasteiger partial charge in [0.15, 0.2) is 0 Å². The van der Waals surface area contributed by atoms with Gasteiger partial charge in [0.25, 0.3) is 0 Å². The molecule has 3 heterocycles. The van der Waals surface area contributed by atoms with Gasteiger partial charge >= 0.3 is 6.09 Å². The first-order chi connectivity index (χ1) is 11.6. The van der Waals surface area contributed by atoms with E-state index in [1.165, 1.54) is 0 Å². The highest BCUT2D eigenvalue weighted by Crippen LogP contribution is 2.33. The van der Waals surface area contributed by atoms with Gasteiger partial charge < -0.3 is 26.0 Å². The molecule has 2 atom stereocenters. The number of aromatic nitrogens is 2. The second kappa shape index (κ2) is 7.11. The van der Waals surface area contributed by atoms with Gasteiger partial charge in [0, 0.05) is 25.2 Å². The third-order valence-electron chi connectivity index (χ3n) is 4.72. The van der Waals surface area contributed by atoms with Crippen LogP contribution in [0.1, 0.15) is 32.3 Å². The Morgan fingerprint density at radius 1 is 1.46 bits per heavy atom. The van der Waals surface area contributed by atoms with Gasteiger partial charge in [-0.25, -0.2) is 4.79 Å². The van der Waals surface area contributed by atoms with E-state index in [0.717, 1.165) is 49.6 Å². The lowest BCUT2D eigenvalue weighted by atomic mass is 9.94. The first kappa shape index (κ1) is 16.6. The molecule has 0 aliphatic carbocycles. The summed E-state index contributed by atoms with van der Waals surface area (Å²) in [6.07, 6.45) is 2.58. The predicted molar refractivity (Wildman–Crippen MR) is 93.2 cm³/mol. The molecule has 0 bridgehead atoms. The first-order valence-corrected chi connectivity index (χ1v) is 8.69. The maximum Gasteiger partial charge on any atom is 0.407 e. The molecule has 1 aromatic heterocycles. The minimum absolute atomic E-state index is 0.0643. The monoisotopic (exact) mass is 334 g/mol. The van der Waals surface area contributed by atoms with Gasteiger partial charge in [-0.15, -0.1) is 0 Å². The van der Waals surface area contributed by atoms with Crippen LogP contribution in [0.4, 0.5) is 22.4 Å². The third-order valence-corrected chi connectivity index (χ3v) is 4.72. The van der Waals surface area contributed by atoms with Crippen LogP contribution in [0.3, 0.4) is 0 Å². The van der Waals surface area contributed by atoms with Crippen molar-refractivity contribution in [3.63, 3.8) is 0 Å². The second-order valence-electron chi connectivity index (χ2n) is 6.39. The Morgan fingerprint density at radius 2 is 2.29 bits per heavy atom. The Morgan fingerprint density at radius 3 is 3.04 bits per heavy atom. The predicted octanol–water partition coefficient (Wildman–Crippen LogP) is 1.38. The number of fused-ring (bicyclic) bond motifs is 1. The summed E-state index contributed by atoms with van der Waals surface area (Å²) in [7, 11) is 0. The lowest BCUT2D eigenvalue weighted by Gasteiger charge is -2.29. The van der Waals surface area contributed by atoms with Gasteiger partial charge in [-0.1, -0.05) is 13.3 Å². The fraction of sp³-hybridized carbons (Fsp3) is 0.688. The second-order valence-corrected chi connectivity index (χ2v) is 6.39. The minimum Gasteiger partial charge on any atom is -0.450 e. The van der Waals surface area contributed by atoms with Crippen molar-refractivity contribution in [3.05, 3.63) is 5.56 Å². The zero-order valence-electron chi connectivity index (χ0n) is 14.3.